The van der Waals surface area contributed by atoms with Gasteiger partial charge in [0.2, 0.25) is 0 Å². The number of carbonyl (C=O) groups excluding carboxylic acids is 1. The lowest BCUT2D eigenvalue weighted by molar-refractivity contribution is 0.0949. The van der Waals surface area contributed by atoms with Crippen LogP contribution in [0.3, 0.4) is 0 Å². The summed E-state index contributed by atoms with van der Waals surface area (Å²) in [5.74, 6) is 1.46. The third-order valence-electron chi connectivity index (χ3n) is 3.88. The first kappa shape index (κ1) is 14.1. The van der Waals surface area contributed by atoms with Gasteiger partial charge in [-0.1, -0.05) is 6.07 Å². The topological polar surface area (TPSA) is 38.3 Å². The normalized spacial score (nSPS) is 16.4. The smallest absolute Gasteiger partial charge is 0.167 e. The number of benzene rings is 1. The van der Waals surface area contributed by atoms with Crippen molar-refractivity contribution in [2.24, 2.45) is 5.92 Å². The molecular formula is C16H23NO2. The van der Waals surface area contributed by atoms with Crippen LogP contribution >= 0.6 is 0 Å². The van der Waals surface area contributed by atoms with Gasteiger partial charge in [-0.05, 0) is 62.9 Å². The van der Waals surface area contributed by atoms with Crippen LogP contribution in [0.4, 0.5) is 0 Å². The predicted molar refractivity (Wildman–Crippen MR) is 77.0 cm³/mol. The van der Waals surface area contributed by atoms with E-state index in [0.717, 1.165) is 48.4 Å². The summed E-state index contributed by atoms with van der Waals surface area (Å²) in [7, 11) is 1.63. The molecule has 3 nitrogen and oxygen atoms in total. The number of carbonyl (C=O) groups is 1. The number of methoxy groups -OCH3 is 1. The molecule has 0 saturated carbocycles. The molecule has 1 fully saturated rings. The van der Waals surface area contributed by atoms with Crippen molar-refractivity contribution < 1.29 is 9.53 Å². The van der Waals surface area contributed by atoms with Crippen molar-refractivity contribution in [3.05, 3.63) is 28.8 Å². The zero-order valence-corrected chi connectivity index (χ0v) is 12.1. The molecular weight excluding hydrogens is 238 g/mol. The minimum Gasteiger partial charge on any atom is -0.496 e. The molecule has 19 heavy (non-hydrogen) atoms. The molecule has 0 aromatic heterocycles. The van der Waals surface area contributed by atoms with Crippen LogP contribution in [0.25, 0.3) is 0 Å². The third kappa shape index (κ3) is 3.35. The maximum atomic E-state index is 12.5. The molecule has 0 amide bonds. The first-order valence-electron chi connectivity index (χ1n) is 7.01. The Balaban J connectivity index is 2.18. The number of nitrogens with one attached hydrogen (secondary N) is 1. The minimum absolute atomic E-state index is 0.223. The zero-order chi connectivity index (χ0) is 13.8. The van der Waals surface area contributed by atoms with Crippen molar-refractivity contribution >= 4 is 5.78 Å². The lowest BCUT2D eigenvalue weighted by Gasteiger charge is -2.22. The first-order chi connectivity index (χ1) is 9.11. The Morgan fingerprint density at radius 1 is 1.32 bits per heavy atom. The Hall–Kier alpha value is -1.35. The fourth-order valence-corrected chi connectivity index (χ4v) is 2.90. The highest BCUT2D eigenvalue weighted by atomic mass is 16.5. The largest absolute Gasteiger partial charge is 0.496 e. The molecule has 1 aromatic carbocycles. The summed E-state index contributed by atoms with van der Waals surface area (Å²) in [6.07, 6.45) is 2.83. The van der Waals surface area contributed by atoms with Crippen LogP contribution in [-0.2, 0) is 0 Å². The lowest BCUT2D eigenvalue weighted by Crippen LogP contribution is -2.29. The highest BCUT2D eigenvalue weighted by Crippen LogP contribution is 2.28. The molecule has 0 atom stereocenters. The van der Waals surface area contributed by atoms with E-state index in [0.29, 0.717) is 12.3 Å². The van der Waals surface area contributed by atoms with Gasteiger partial charge in [-0.15, -0.1) is 0 Å². The van der Waals surface area contributed by atoms with Crippen LogP contribution in [0.15, 0.2) is 12.1 Å². The predicted octanol–water partition coefficient (Wildman–Crippen LogP) is 2.88. The quantitative estimate of drug-likeness (QED) is 0.847. The molecule has 1 aliphatic heterocycles. The van der Waals surface area contributed by atoms with Gasteiger partial charge in [-0.2, -0.15) is 0 Å². The van der Waals surface area contributed by atoms with E-state index in [1.54, 1.807) is 7.11 Å². The van der Waals surface area contributed by atoms with E-state index in [2.05, 4.69) is 11.4 Å². The van der Waals surface area contributed by atoms with Crippen molar-refractivity contribution in [2.75, 3.05) is 20.2 Å². The summed E-state index contributed by atoms with van der Waals surface area (Å²) in [6.45, 7) is 6.08. The summed E-state index contributed by atoms with van der Waals surface area (Å²) in [6, 6.07) is 4.00. The molecule has 1 saturated heterocycles. The van der Waals surface area contributed by atoms with E-state index in [4.69, 9.17) is 4.74 Å². The van der Waals surface area contributed by atoms with Crippen LogP contribution in [0.5, 0.6) is 5.75 Å². The van der Waals surface area contributed by atoms with Crippen molar-refractivity contribution in [1.29, 1.82) is 0 Å². The SMILES string of the molecule is COc1cc(C)cc(C)c1C(=O)CC1CCNCC1. The zero-order valence-electron chi connectivity index (χ0n) is 12.1. The summed E-state index contributed by atoms with van der Waals surface area (Å²) < 4.78 is 5.38. The maximum Gasteiger partial charge on any atom is 0.167 e. The molecule has 1 N–H and O–H groups in total. The fourth-order valence-electron chi connectivity index (χ4n) is 2.90. The van der Waals surface area contributed by atoms with E-state index < -0.39 is 0 Å². The van der Waals surface area contributed by atoms with Gasteiger partial charge in [0, 0.05) is 6.42 Å². The van der Waals surface area contributed by atoms with Crippen LogP contribution in [0.2, 0.25) is 0 Å². The van der Waals surface area contributed by atoms with Crippen molar-refractivity contribution in [3.8, 4) is 5.75 Å². The molecule has 0 unspecified atom stereocenters. The second-order valence-electron chi connectivity index (χ2n) is 5.48. The standard InChI is InChI=1S/C16H23NO2/c1-11-8-12(2)16(15(9-11)19-3)14(18)10-13-4-6-17-7-5-13/h8-9,13,17H,4-7,10H2,1-3H3. The molecule has 1 aliphatic rings. The van der Waals surface area contributed by atoms with Gasteiger partial charge in [0.1, 0.15) is 5.75 Å². The third-order valence-corrected chi connectivity index (χ3v) is 3.88. The number of Topliss-reactive ketones (excluding diaryl/α,β-unsaturated/α-hetero) is 1. The molecule has 104 valence electrons. The molecule has 2 rings (SSSR count). The van der Waals surface area contributed by atoms with Gasteiger partial charge < -0.3 is 10.1 Å². The second kappa shape index (κ2) is 6.20. The van der Waals surface area contributed by atoms with Gasteiger partial charge in [0.25, 0.3) is 0 Å². The Labute approximate surface area is 115 Å². The molecule has 0 radical (unpaired) electrons. The fraction of sp³-hybridized carbons (Fsp3) is 0.562. The molecule has 0 bridgehead atoms. The van der Waals surface area contributed by atoms with E-state index >= 15 is 0 Å². The van der Waals surface area contributed by atoms with Gasteiger partial charge in [0.05, 0.1) is 12.7 Å². The van der Waals surface area contributed by atoms with Gasteiger partial charge >= 0.3 is 0 Å². The second-order valence-corrected chi connectivity index (χ2v) is 5.48. The van der Waals surface area contributed by atoms with Crippen LogP contribution < -0.4 is 10.1 Å². The van der Waals surface area contributed by atoms with Crippen LogP contribution in [-0.4, -0.2) is 26.0 Å². The average Bonchev–Trinajstić information content (AvgIpc) is 2.38. The number of hydrogen-bond acceptors (Lipinski definition) is 3. The van der Waals surface area contributed by atoms with Crippen molar-refractivity contribution in [3.63, 3.8) is 0 Å². The number of ether oxygens (including phenoxy) is 1. The Kier molecular flexibility index (Phi) is 4.59. The number of ketones is 1. The summed E-state index contributed by atoms with van der Waals surface area (Å²) in [4.78, 5) is 12.5. The first-order valence-corrected chi connectivity index (χ1v) is 7.01. The van der Waals surface area contributed by atoms with Gasteiger partial charge in [0.15, 0.2) is 5.78 Å². The van der Waals surface area contributed by atoms with Crippen molar-refractivity contribution in [1.82, 2.24) is 5.32 Å². The number of hydrogen-bond donors (Lipinski definition) is 1. The molecule has 3 heteroatoms. The van der Waals surface area contributed by atoms with Crippen LogP contribution in [0, 0.1) is 19.8 Å². The highest BCUT2D eigenvalue weighted by Gasteiger charge is 2.21. The number of aryl methyl sites for hydroxylation is 2. The maximum absolute atomic E-state index is 12.5. The highest BCUT2D eigenvalue weighted by molar-refractivity contribution is 6.00. The van der Waals surface area contributed by atoms with E-state index in [1.165, 1.54) is 0 Å². The molecule has 1 heterocycles. The average molecular weight is 261 g/mol. The monoisotopic (exact) mass is 261 g/mol. The number of rotatable bonds is 4. The molecule has 0 aliphatic carbocycles. The Bertz CT molecular complexity index is 462. The minimum atomic E-state index is 0.223. The summed E-state index contributed by atoms with van der Waals surface area (Å²) >= 11 is 0. The molecule has 1 aromatic rings. The van der Waals surface area contributed by atoms with Gasteiger partial charge in [-0.25, -0.2) is 0 Å². The Morgan fingerprint density at radius 3 is 2.63 bits per heavy atom. The lowest BCUT2D eigenvalue weighted by atomic mass is 9.89. The van der Waals surface area contributed by atoms with E-state index in [9.17, 15) is 4.79 Å². The van der Waals surface area contributed by atoms with Crippen LogP contribution in [0.1, 0.15) is 40.7 Å². The van der Waals surface area contributed by atoms with Crippen molar-refractivity contribution in [2.45, 2.75) is 33.1 Å². The summed E-state index contributed by atoms with van der Waals surface area (Å²) in [5, 5.41) is 3.33. The number of piperidine rings is 1. The van der Waals surface area contributed by atoms with Gasteiger partial charge in [-0.3, -0.25) is 4.79 Å². The summed E-state index contributed by atoms with van der Waals surface area (Å²) in [5.41, 5.74) is 2.93. The van der Waals surface area contributed by atoms with E-state index in [1.807, 2.05) is 19.9 Å². The van der Waals surface area contributed by atoms with E-state index in [-0.39, 0.29) is 5.78 Å². The molecule has 0 spiro atoms. The Morgan fingerprint density at radius 2 is 2.00 bits per heavy atom.